The van der Waals surface area contributed by atoms with Crippen molar-refractivity contribution >= 4 is 17.6 Å². The second kappa shape index (κ2) is 6.76. The van der Waals surface area contributed by atoms with Gasteiger partial charge in [0.25, 0.3) is 0 Å². The predicted octanol–water partition coefficient (Wildman–Crippen LogP) is 2.78. The zero-order chi connectivity index (χ0) is 13.7. The van der Waals surface area contributed by atoms with Crippen molar-refractivity contribution in [1.29, 1.82) is 5.26 Å². The van der Waals surface area contributed by atoms with Crippen LogP contribution in [0.4, 0.5) is 5.82 Å². The van der Waals surface area contributed by atoms with Gasteiger partial charge < -0.3 is 5.32 Å². The van der Waals surface area contributed by atoms with Crippen LogP contribution in [-0.4, -0.2) is 27.7 Å². The maximum absolute atomic E-state index is 9.38. The Kier molecular flexibility index (Phi) is 5.03. The molecule has 1 aliphatic rings. The quantitative estimate of drug-likeness (QED) is 0.896. The van der Waals surface area contributed by atoms with Gasteiger partial charge in [0.1, 0.15) is 11.6 Å². The number of nitrogens with zero attached hydrogens (tertiary/aromatic N) is 3. The number of thioether (sulfide) groups is 1. The Morgan fingerprint density at radius 2 is 2.21 bits per heavy atom. The Balaban J connectivity index is 2.17. The molecule has 5 heteroatoms. The van der Waals surface area contributed by atoms with Crippen LogP contribution in [0.5, 0.6) is 0 Å². The SMILES string of the molecule is CCc1nnc(NCC2CCCS2)c(C#N)c1CC. The van der Waals surface area contributed by atoms with Gasteiger partial charge in [-0.15, -0.1) is 5.10 Å². The molecule has 1 N–H and O–H groups in total. The van der Waals surface area contributed by atoms with E-state index in [1.54, 1.807) is 0 Å². The highest BCUT2D eigenvalue weighted by molar-refractivity contribution is 8.00. The minimum atomic E-state index is 0.643. The summed E-state index contributed by atoms with van der Waals surface area (Å²) >= 11 is 2.00. The molecule has 0 radical (unpaired) electrons. The molecule has 1 aromatic rings. The Hall–Kier alpha value is -1.28. The average molecular weight is 276 g/mol. The van der Waals surface area contributed by atoms with Gasteiger partial charge in [-0.2, -0.15) is 22.1 Å². The van der Waals surface area contributed by atoms with Gasteiger partial charge in [-0.1, -0.05) is 13.8 Å². The first-order valence-electron chi connectivity index (χ1n) is 6.94. The number of anilines is 1. The van der Waals surface area contributed by atoms with Gasteiger partial charge in [0, 0.05) is 11.8 Å². The molecule has 0 aromatic carbocycles. The Bertz CT molecular complexity index is 475. The van der Waals surface area contributed by atoms with E-state index < -0.39 is 0 Å². The molecule has 0 amide bonds. The molecule has 1 saturated heterocycles. The lowest BCUT2D eigenvalue weighted by Gasteiger charge is -2.14. The molecule has 2 heterocycles. The molecule has 1 aromatic heterocycles. The minimum Gasteiger partial charge on any atom is -0.366 e. The lowest BCUT2D eigenvalue weighted by atomic mass is 10.0. The van der Waals surface area contributed by atoms with Crippen molar-refractivity contribution in [3.05, 3.63) is 16.8 Å². The highest BCUT2D eigenvalue weighted by Crippen LogP contribution is 2.27. The van der Waals surface area contributed by atoms with E-state index in [4.69, 9.17) is 0 Å². The van der Waals surface area contributed by atoms with Crippen molar-refractivity contribution in [2.75, 3.05) is 17.6 Å². The molecule has 4 nitrogen and oxygen atoms in total. The van der Waals surface area contributed by atoms with Crippen molar-refractivity contribution in [2.45, 2.75) is 44.8 Å². The van der Waals surface area contributed by atoms with Crippen LogP contribution in [0.25, 0.3) is 0 Å². The number of hydrogen-bond acceptors (Lipinski definition) is 5. The van der Waals surface area contributed by atoms with Gasteiger partial charge in [0.2, 0.25) is 0 Å². The van der Waals surface area contributed by atoms with E-state index in [9.17, 15) is 5.26 Å². The lowest BCUT2D eigenvalue weighted by molar-refractivity contribution is 0.796. The molecule has 0 bridgehead atoms. The summed E-state index contributed by atoms with van der Waals surface area (Å²) in [5.41, 5.74) is 2.67. The number of rotatable bonds is 5. The summed E-state index contributed by atoms with van der Waals surface area (Å²) in [4.78, 5) is 0. The van der Waals surface area contributed by atoms with E-state index in [-0.39, 0.29) is 0 Å². The lowest BCUT2D eigenvalue weighted by Crippen LogP contribution is -2.17. The number of aromatic nitrogens is 2. The standard InChI is InChI=1S/C14H20N4S/c1-3-11-12(8-15)14(18-17-13(11)4-2)16-9-10-6-5-7-19-10/h10H,3-7,9H2,1-2H3,(H,16,18). The zero-order valence-corrected chi connectivity index (χ0v) is 12.4. The maximum atomic E-state index is 9.38. The Morgan fingerprint density at radius 3 is 2.79 bits per heavy atom. The second-order valence-electron chi connectivity index (χ2n) is 4.68. The molecule has 1 atom stereocenters. The van der Waals surface area contributed by atoms with Gasteiger partial charge in [-0.3, -0.25) is 0 Å². The molecule has 1 aliphatic heterocycles. The van der Waals surface area contributed by atoms with Gasteiger partial charge in [-0.05, 0) is 37.0 Å². The van der Waals surface area contributed by atoms with Crippen LogP contribution in [0, 0.1) is 11.3 Å². The Morgan fingerprint density at radius 1 is 1.37 bits per heavy atom. The monoisotopic (exact) mass is 276 g/mol. The highest BCUT2D eigenvalue weighted by Gasteiger charge is 2.18. The summed E-state index contributed by atoms with van der Waals surface area (Å²) in [6, 6.07) is 2.29. The Labute approximate surface area is 119 Å². The number of aryl methyl sites for hydroxylation is 1. The van der Waals surface area contributed by atoms with E-state index in [2.05, 4.69) is 28.5 Å². The number of hydrogen-bond donors (Lipinski definition) is 1. The van der Waals surface area contributed by atoms with Gasteiger partial charge in [0.05, 0.1) is 5.69 Å². The van der Waals surface area contributed by atoms with Crippen LogP contribution in [0.1, 0.15) is 43.5 Å². The summed E-state index contributed by atoms with van der Waals surface area (Å²) in [5.74, 6) is 1.90. The third kappa shape index (κ3) is 3.19. The fourth-order valence-corrected chi connectivity index (χ4v) is 3.63. The van der Waals surface area contributed by atoms with E-state index in [1.807, 2.05) is 18.7 Å². The summed E-state index contributed by atoms with van der Waals surface area (Å²) in [7, 11) is 0. The van der Waals surface area contributed by atoms with Crippen LogP contribution < -0.4 is 5.32 Å². The first kappa shape index (κ1) is 14.1. The van der Waals surface area contributed by atoms with E-state index in [1.165, 1.54) is 18.6 Å². The second-order valence-corrected chi connectivity index (χ2v) is 6.09. The van der Waals surface area contributed by atoms with Crippen LogP contribution in [-0.2, 0) is 12.8 Å². The number of nitriles is 1. The summed E-state index contributed by atoms with van der Waals surface area (Å²) in [6.07, 6.45) is 4.20. The van der Waals surface area contributed by atoms with Gasteiger partial charge in [0.15, 0.2) is 5.82 Å². The number of nitrogens with one attached hydrogen (secondary N) is 1. The van der Waals surface area contributed by atoms with Crippen LogP contribution in [0.2, 0.25) is 0 Å². The van der Waals surface area contributed by atoms with Gasteiger partial charge in [-0.25, -0.2) is 0 Å². The third-order valence-corrected chi connectivity index (χ3v) is 4.88. The summed E-state index contributed by atoms with van der Waals surface area (Å²) in [5, 5.41) is 21.8. The molecule has 102 valence electrons. The molecule has 0 saturated carbocycles. The van der Waals surface area contributed by atoms with Crippen LogP contribution in [0.15, 0.2) is 0 Å². The summed E-state index contributed by atoms with van der Waals surface area (Å²) in [6.45, 7) is 4.99. The van der Waals surface area contributed by atoms with Crippen LogP contribution >= 0.6 is 11.8 Å². The van der Waals surface area contributed by atoms with Crippen molar-refractivity contribution in [3.8, 4) is 6.07 Å². The fourth-order valence-electron chi connectivity index (χ4n) is 2.43. The first-order valence-corrected chi connectivity index (χ1v) is 7.99. The van der Waals surface area contributed by atoms with Crippen molar-refractivity contribution < 1.29 is 0 Å². The van der Waals surface area contributed by atoms with Crippen molar-refractivity contribution in [2.24, 2.45) is 0 Å². The molecule has 0 spiro atoms. The maximum Gasteiger partial charge on any atom is 0.166 e. The average Bonchev–Trinajstić information content (AvgIpc) is 2.96. The van der Waals surface area contributed by atoms with Crippen molar-refractivity contribution in [3.63, 3.8) is 0 Å². The minimum absolute atomic E-state index is 0.643. The predicted molar refractivity (Wildman–Crippen MR) is 79.5 cm³/mol. The van der Waals surface area contributed by atoms with Crippen molar-refractivity contribution in [1.82, 2.24) is 10.2 Å². The van der Waals surface area contributed by atoms with E-state index in [0.29, 0.717) is 16.6 Å². The molecule has 2 rings (SSSR count). The molecule has 19 heavy (non-hydrogen) atoms. The molecule has 1 unspecified atom stereocenters. The zero-order valence-electron chi connectivity index (χ0n) is 11.6. The molecular formula is C14H20N4S. The van der Waals surface area contributed by atoms with Gasteiger partial charge >= 0.3 is 0 Å². The highest BCUT2D eigenvalue weighted by atomic mass is 32.2. The third-order valence-electron chi connectivity index (χ3n) is 3.48. The van der Waals surface area contributed by atoms with E-state index >= 15 is 0 Å². The largest absolute Gasteiger partial charge is 0.366 e. The topological polar surface area (TPSA) is 61.6 Å². The molecule has 0 aliphatic carbocycles. The summed E-state index contributed by atoms with van der Waals surface area (Å²) < 4.78 is 0. The normalized spacial score (nSPS) is 18.3. The molecule has 1 fully saturated rings. The molecular weight excluding hydrogens is 256 g/mol. The van der Waals surface area contributed by atoms with Crippen LogP contribution in [0.3, 0.4) is 0 Å². The fraction of sp³-hybridized carbons (Fsp3) is 0.643. The van der Waals surface area contributed by atoms with E-state index in [0.717, 1.165) is 30.6 Å². The smallest absolute Gasteiger partial charge is 0.166 e. The first-order chi connectivity index (χ1) is 9.30.